The number of ether oxygens (including phenoxy) is 1. The van der Waals surface area contributed by atoms with Crippen LogP contribution in [0.25, 0.3) is 11.0 Å². The normalized spacial score (nSPS) is 10.9. The first-order chi connectivity index (χ1) is 9.65. The first kappa shape index (κ1) is 13.3. The highest BCUT2D eigenvalue weighted by Crippen LogP contribution is 2.31. The molecule has 0 bridgehead atoms. The van der Waals surface area contributed by atoms with Gasteiger partial charge in [0.2, 0.25) is 0 Å². The van der Waals surface area contributed by atoms with E-state index in [1.165, 1.54) is 11.8 Å². The number of methoxy groups -OCH3 is 1. The van der Waals surface area contributed by atoms with Gasteiger partial charge in [0.1, 0.15) is 10.9 Å². The number of aryl methyl sites for hydroxylation is 1. The van der Waals surface area contributed by atoms with Crippen LogP contribution in [-0.2, 0) is 0 Å². The van der Waals surface area contributed by atoms with Gasteiger partial charge in [-0.25, -0.2) is 9.97 Å². The molecule has 0 unspecified atom stereocenters. The summed E-state index contributed by atoms with van der Waals surface area (Å²) in [4.78, 5) is 12.9. The van der Waals surface area contributed by atoms with Crippen LogP contribution in [0.1, 0.15) is 5.56 Å². The standard InChI is InChI=1S/C14H12ClN3OS/c1-8-7-16-13(15)6-12(8)20-14-17-10-4-3-9(19-2)5-11(10)18-14/h3-7H,1-2H3,(H,17,18). The summed E-state index contributed by atoms with van der Waals surface area (Å²) in [5.74, 6) is 0.806. The molecule has 3 rings (SSSR count). The van der Waals surface area contributed by atoms with Crippen molar-refractivity contribution in [2.75, 3.05) is 7.11 Å². The van der Waals surface area contributed by atoms with Gasteiger partial charge in [-0.3, -0.25) is 0 Å². The van der Waals surface area contributed by atoms with E-state index in [1.807, 2.05) is 31.2 Å². The second-order valence-corrected chi connectivity index (χ2v) is 5.72. The second-order valence-electron chi connectivity index (χ2n) is 4.30. The van der Waals surface area contributed by atoms with E-state index in [0.717, 1.165) is 32.4 Å². The lowest BCUT2D eigenvalue weighted by Gasteiger charge is -2.02. The summed E-state index contributed by atoms with van der Waals surface area (Å²) in [6.07, 6.45) is 1.76. The van der Waals surface area contributed by atoms with Gasteiger partial charge in [0.15, 0.2) is 5.16 Å². The fraction of sp³-hybridized carbons (Fsp3) is 0.143. The fourth-order valence-electron chi connectivity index (χ4n) is 1.84. The van der Waals surface area contributed by atoms with Crippen molar-refractivity contribution < 1.29 is 4.74 Å². The Bertz CT molecular complexity index is 772. The number of nitrogens with zero attached hydrogens (tertiary/aromatic N) is 2. The number of halogens is 1. The summed E-state index contributed by atoms with van der Waals surface area (Å²) in [5.41, 5.74) is 2.92. The molecule has 0 aliphatic carbocycles. The van der Waals surface area contributed by atoms with Crippen LogP contribution in [0.5, 0.6) is 5.75 Å². The molecule has 0 aliphatic heterocycles. The number of nitrogens with one attached hydrogen (secondary N) is 1. The lowest BCUT2D eigenvalue weighted by atomic mass is 10.3. The number of rotatable bonds is 3. The zero-order valence-electron chi connectivity index (χ0n) is 11.0. The minimum absolute atomic E-state index is 0.482. The van der Waals surface area contributed by atoms with E-state index in [-0.39, 0.29) is 0 Å². The van der Waals surface area contributed by atoms with E-state index >= 15 is 0 Å². The van der Waals surface area contributed by atoms with E-state index in [0.29, 0.717) is 5.15 Å². The Morgan fingerprint density at radius 1 is 1.30 bits per heavy atom. The maximum atomic E-state index is 5.93. The van der Waals surface area contributed by atoms with Gasteiger partial charge in [-0.05, 0) is 30.7 Å². The number of aromatic amines is 1. The van der Waals surface area contributed by atoms with Crippen molar-refractivity contribution in [2.45, 2.75) is 17.0 Å². The minimum Gasteiger partial charge on any atom is -0.497 e. The average molecular weight is 306 g/mol. The highest BCUT2D eigenvalue weighted by atomic mass is 35.5. The van der Waals surface area contributed by atoms with Gasteiger partial charge in [0, 0.05) is 17.2 Å². The summed E-state index contributed by atoms with van der Waals surface area (Å²) < 4.78 is 5.20. The molecular weight excluding hydrogens is 294 g/mol. The van der Waals surface area contributed by atoms with Crippen molar-refractivity contribution in [1.82, 2.24) is 15.0 Å². The molecule has 0 atom stereocenters. The quantitative estimate of drug-likeness (QED) is 0.741. The molecule has 6 heteroatoms. The van der Waals surface area contributed by atoms with Gasteiger partial charge >= 0.3 is 0 Å². The zero-order chi connectivity index (χ0) is 14.1. The highest BCUT2D eigenvalue weighted by molar-refractivity contribution is 7.99. The van der Waals surface area contributed by atoms with Crippen LogP contribution in [-0.4, -0.2) is 22.1 Å². The van der Waals surface area contributed by atoms with Crippen molar-refractivity contribution in [3.05, 3.63) is 41.2 Å². The third-order valence-electron chi connectivity index (χ3n) is 2.89. The summed E-state index contributed by atoms with van der Waals surface area (Å²) in [6, 6.07) is 7.60. The molecule has 2 aromatic heterocycles. The van der Waals surface area contributed by atoms with Gasteiger partial charge in [-0.2, -0.15) is 0 Å². The second kappa shape index (κ2) is 5.34. The van der Waals surface area contributed by atoms with Crippen LogP contribution in [0, 0.1) is 6.92 Å². The summed E-state index contributed by atoms with van der Waals surface area (Å²) in [5, 5.41) is 1.30. The van der Waals surface area contributed by atoms with Crippen LogP contribution >= 0.6 is 23.4 Å². The van der Waals surface area contributed by atoms with E-state index < -0.39 is 0 Å². The van der Waals surface area contributed by atoms with Crippen molar-refractivity contribution >= 4 is 34.4 Å². The molecule has 0 aliphatic rings. The van der Waals surface area contributed by atoms with Gasteiger partial charge in [-0.15, -0.1) is 0 Å². The van der Waals surface area contributed by atoms with E-state index in [4.69, 9.17) is 16.3 Å². The molecule has 102 valence electrons. The molecule has 0 amide bonds. The molecule has 3 aromatic rings. The maximum absolute atomic E-state index is 5.93. The molecule has 4 nitrogen and oxygen atoms in total. The van der Waals surface area contributed by atoms with Crippen molar-refractivity contribution in [3.8, 4) is 5.75 Å². The number of aromatic nitrogens is 3. The smallest absolute Gasteiger partial charge is 0.171 e. The predicted molar refractivity (Wildman–Crippen MR) is 80.8 cm³/mol. The molecule has 1 aromatic carbocycles. The third kappa shape index (κ3) is 2.59. The molecule has 0 spiro atoms. The van der Waals surface area contributed by atoms with Gasteiger partial charge in [0.25, 0.3) is 0 Å². The van der Waals surface area contributed by atoms with Crippen molar-refractivity contribution in [3.63, 3.8) is 0 Å². The molecule has 0 radical (unpaired) electrons. The predicted octanol–water partition coefficient (Wildman–Crippen LogP) is 4.08. The Labute approximate surface area is 125 Å². The van der Waals surface area contributed by atoms with Crippen molar-refractivity contribution in [2.24, 2.45) is 0 Å². The number of benzene rings is 1. The largest absolute Gasteiger partial charge is 0.497 e. The Morgan fingerprint density at radius 3 is 2.95 bits per heavy atom. The Hall–Kier alpha value is -1.72. The Kier molecular flexibility index (Phi) is 3.54. The summed E-state index contributed by atoms with van der Waals surface area (Å²) in [6.45, 7) is 2.00. The van der Waals surface area contributed by atoms with Gasteiger partial charge in [-0.1, -0.05) is 23.4 Å². The topological polar surface area (TPSA) is 50.8 Å². The number of hydrogen-bond donors (Lipinski definition) is 1. The van der Waals surface area contributed by atoms with Crippen LogP contribution in [0.2, 0.25) is 5.15 Å². The van der Waals surface area contributed by atoms with E-state index in [9.17, 15) is 0 Å². The lowest BCUT2D eigenvalue weighted by Crippen LogP contribution is -1.84. The average Bonchev–Trinajstić information content (AvgIpc) is 2.84. The number of imidazole rings is 1. The number of hydrogen-bond acceptors (Lipinski definition) is 4. The molecule has 2 heterocycles. The third-order valence-corrected chi connectivity index (χ3v) is 4.15. The van der Waals surface area contributed by atoms with E-state index in [2.05, 4.69) is 15.0 Å². The highest BCUT2D eigenvalue weighted by Gasteiger charge is 2.08. The zero-order valence-corrected chi connectivity index (χ0v) is 12.5. The van der Waals surface area contributed by atoms with Crippen LogP contribution in [0.15, 0.2) is 40.5 Å². The molecule has 0 saturated carbocycles. The molecule has 0 saturated heterocycles. The first-order valence-electron chi connectivity index (χ1n) is 5.99. The van der Waals surface area contributed by atoms with Crippen LogP contribution in [0.3, 0.4) is 0 Å². The Morgan fingerprint density at radius 2 is 2.15 bits per heavy atom. The lowest BCUT2D eigenvalue weighted by molar-refractivity contribution is 0.415. The monoisotopic (exact) mass is 305 g/mol. The van der Waals surface area contributed by atoms with E-state index in [1.54, 1.807) is 13.3 Å². The minimum atomic E-state index is 0.482. The molecule has 1 N–H and O–H groups in total. The fourth-order valence-corrected chi connectivity index (χ4v) is 2.96. The van der Waals surface area contributed by atoms with Crippen LogP contribution < -0.4 is 4.74 Å². The number of fused-ring (bicyclic) bond motifs is 1. The first-order valence-corrected chi connectivity index (χ1v) is 7.19. The molecular formula is C14H12ClN3OS. The molecule has 20 heavy (non-hydrogen) atoms. The van der Waals surface area contributed by atoms with Gasteiger partial charge < -0.3 is 9.72 Å². The number of pyridine rings is 1. The summed E-state index contributed by atoms with van der Waals surface area (Å²) in [7, 11) is 1.65. The van der Waals surface area contributed by atoms with Crippen molar-refractivity contribution in [1.29, 1.82) is 0 Å². The Balaban J connectivity index is 1.96. The number of H-pyrrole nitrogens is 1. The maximum Gasteiger partial charge on any atom is 0.171 e. The SMILES string of the molecule is COc1ccc2nc(Sc3cc(Cl)ncc3C)[nH]c2c1. The summed E-state index contributed by atoms with van der Waals surface area (Å²) >= 11 is 7.47. The molecule has 0 fully saturated rings. The van der Waals surface area contributed by atoms with Gasteiger partial charge in [0.05, 0.1) is 18.1 Å². The van der Waals surface area contributed by atoms with Crippen LogP contribution in [0.4, 0.5) is 0 Å².